The first-order valence-electron chi connectivity index (χ1n) is 14.6. The zero-order valence-corrected chi connectivity index (χ0v) is 26.9. The summed E-state index contributed by atoms with van der Waals surface area (Å²) >= 11 is 1.30. The molecule has 228 valence electrons. The number of allylic oxidation sites excluding steroid dienone is 6. The van der Waals surface area contributed by atoms with Gasteiger partial charge >= 0.3 is 0 Å². The molecule has 1 aliphatic rings. The van der Waals surface area contributed by atoms with Crippen LogP contribution in [0.15, 0.2) is 89.5 Å². The standard InChI is InChI=1S/C34H36N4O4S2/c1-22(2)44(41,42)38-20-29(28-14-7-8-15-31(28)38)33(40)35-19-32(39)37-34-36-30(21-43-34)26-13-9-12-25(18-26)27-16-23(3)10-5-6-11-24(4)17-27/h7-10,12-18,20-22H,5-6,11,19H2,1-4H3,(H,35,40)(H,36,37,39)/b23-10-,24-17+,27-16+. The Bertz CT molecular complexity index is 1930. The molecule has 0 atom stereocenters. The Morgan fingerprint density at radius 3 is 2.61 bits per heavy atom. The van der Waals surface area contributed by atoms with E-state index < -0.39 is 27.1 Å². The number of carbonyl (C=O) groups excluding carboxylic acids is 2. The molecule has 8 nitrogen and oxygen atoms in total. The van der Waals surface area contributed by atoms with Crippen molar-refractivity contribution in [3.63, 3.8) is 0 Å². The lowest BCUT2D eigenvalue weighted by molar-refractivity contribution is -0.115. The van der Waals surface area contributed by atoms with Gasteiger partial charge in [0, 0.05) is 22.5 Å². The summed E-state index contributed by atoms with van der Waals surface area (Å²) in [5.41, 5.74) is 7.12. The third-order valence-electron chi connectivity index (χ3n) is 7.47. The van der Waals surface area contributed by atoms with E-state index >= 15 is 0 Å². The molecule has 5 rings (SSSR count). The van der Waals surface area contributed by atoms with Gasteiger partial charge in [-0.2, -0.15) is 0 Å². The van der Waals surface area contributed by atoms with Gasteiger partial charge < -0.3 is 10.6 Å². The van der Waals surface area contributed by atoms with E-state index in [-0.39, 0.29) is 12.1 Å². The second-order valence-corrected chi connectivity index (χ2v) is 14.5. The SMILES string of the molecule is CC1=C/CCC/C(C)=C/C(c2cccc(-c3csc(NC(=O)CNC(=O)c4cn(S(=O)(=O)C(C)C)c5ccccc45)n3)c2)=C\1. The summed E-state index contributed by atoms with van der Waals surface area (Å²) in [7, 11) is -3.69. The fraction of sp³-hybridized carbons (Fsp3) is 0.265. The van der Waals surface area contributed by atoms with Gasteiger partial charge in [0.1, 0.15) is 0 Å². The smallest absolute Gasteiger partial charge is 0.253 e. The molecule has 0 bridgehead atoms. The normalized spacial score (nSPS) is 17.8. The van der Waals surface area contributed by atoms with Crippen molar-refractivity contribution in [2.24, 2.45) is 0 Å². The molecule has 10 heteroatoms. The highest BCUT2D eigenvalue weighted by Crippen LogP contribution is 2.30. The summed E-state index contributed by atoms with van der Waals surface area (Å²) in [6.07, 6.45) is 11.4. The predicted octanol–water partition coefficient (Wildman–Crippen LogP) is 7.18. The van der Waals surface area contributed by atoms with E-state index in [9.17, 15) is 18.0 Å². The van der Waals surface area contributed by atoms with Crippen molar-refractivity contribution < 1.29 is 18.0 Å². The molecule has 2 heterocycles. The van der Waals surface area contributed by atoms with Crippen LogP contribution < -0.4 is 10.6 Å². The first-order chi connectivity index (χ1) is 21.0. The summed E-state index contributed by atoms with van der Waals surface area (Å²) in [6.45, 7) is 7.18. The molecule has 2 amide bonds. The molecular formula is C34H36N4O4S2. The lowest BCUT2D eigenvalue weighted by Crippen LogP contribution is -2.32. The maximum absolute atomic E-state index is 13.1. The maximum atomic E-state index is 13.1. The lowest BCUT2D eigenvalue weighted by Gasteiger charge is -2.10. The van der Waals surface area contributed by atoms with E-state index in [2.05, 4.69) is 59.8 Å². The van der Waals surface area contributed by atoms with Crippen molar-refractivity contribution in [2.75, 3.05) is 11.9 Å². The first kappa shape index (κ1) is 31.2. The van der Waals surface area contributed by atoms with Crippen LogP contribution in [0, 0.1) is 0 Å². The number of benzene rings is 2. The molecule has 0 radical (unpaired) electrons. The lowest BCUT2D eigenvalue weighted by atomic mass is 9.98. The van der Waals surface area contributed by atoms with Gasteiger partial charge in [0.25, 0.3) is 5.91 Å². The van der Waals surface area contributed by atoms with Gasteiger partial charge in [0.05, 0.1) is 28.6 Å². The number of para-hydroxylation sites is 1. The highest BCUT2D eigenvalue weighted by atomic mass is 32.2. The van der Waals surface area contributed by atoms with Crippen LogP contribution in [0.2, 0.25) is 0 Å². The van der Waals surface area contributed by atoms with Gasteiger partial charge in [-0.05, 0) is 70.2 Å². The summed E-state index contributed by atoms with van der Waals surface area (Å²) in [4.78, 5) is 30.4. The Morgan fingerprint density at radius 1 is 1.05 bits per heavy atom. The maximum Gasteiger partial charge on any atom is 0.253 e. The average molecular weight is 629 g/mol. The number of nitrogens with zero attached hydrogens (tertiary/aromatic N) is 2. The average Bonchev–Trinajstić information content (AvgIpc) is 3.64. The van der Waals surface area contributed by atoms with Gasteiger partial charge in [-0.15, -0.1) is 11.3 Å². The van der Waals surface area contributed by atoms with Crippen LogP contribution >= 0.6 is 11.3 Å². The molecule has 44 heavy (non-hydrogen) atoms. The second-order valence-electron chi connectivity index (χ2n) is 11.2. The minimum atomic E-state index is -3.69. The third kappa shape index (κ3) is 6.92. The number of fused-ring (bicyclic) bond motifs is 1. The molecule has 0 saturated carbocycles. The van der Waals surface area contributed by atoms with Crippen LogP contribution in [0.4, 0.5) is 5.13 Å². The van der Waals surface area contributed by atoms with Crippen molar-refractivity contribution in [1.29, 1.82) is 0 Å². The number of nitrogens with one attached hydrogen (secondary N) is 2. The molecule has 0 spiro atoms. The largest absolute Gasteiger partial charge is 0.343 e. The van der Waals surface area contributed by atoms with Gasteiger partial charge in [-0.3, -0.25) is 9.59 Å². The van der Waals surface area contributed by atoms with Crippen molar-refractivity contribution in [2.45, 2.75) is 52.2 Å². The highest BCUT2D eigenvalue weighted by Gasteiger charge is 2.24. The van der Waals surface area contributed by atoms with E-state index in [0.29, 0.717) is 16.0 Å². The fourth-order valence-corrected chi connectivity index (χ4v) is 6.95. The van der Waals surface area contributed by atoms with Gasteiger partial charge in [0.2, 0.25) is 15.9 Å². The van der Waals surface area contributed by atoms with E-state index in [1.54, 1.807) is 38.1 Å². The zero-order valence-electron chi connectivity index (χ0n) is 25.3. The third-order valence-corrected chi connectivity index (χ3v) is 10.3. The molecular weight excluding hydrogens is 593 g/mol. The Hall–Kier alpha value is -4.28. The quantitative estimate of drug-likeness (QED) is 0.215. The first-order valence-corrected chi connectivity index (χ1v) is 17.0. The Morgan fingerprint density at radius 2 is 1.82 bits per heavy atom. The second kappa shape index (κ2) is 13.2. The number of rotatable bonds is 8. The fourth-order valence-electron chi connectivity index (χ4n) is 5.07. The Kier molecular flexibility index (Phi) is 9.31. The number of hydrogen-bond donors (Lipinski definition) is 2. The van der Waals surface area contributed by atoms with Crippen LogP contribution in [0.25, 0.3) is 27.7 Å². The molecule has 2 aromatic heterocycles. The van der Waals surface area contributed by atoms with Gasteiger partial charge in [0.15, 0.2) is 5.13 Å². The minimum Gasteiger partial charge on any atom is -0.343 e. The molecule has 4 aromatic rings. The highest BCUT2D eigenvalue weighted by molar-refractivity contribution is 7.90. The number of aromatic nitrogens is 2. The number of carbonyl (C=O) groups is 2. The van der Waals surface area contributed by atoms with Crippen LogP contribution in [-0.2, 0) is 14.8 Å². The number of thiazole rings is 1. The molecule has 2 aromatic carbocycles. The predicted molar refractivity (Wildman–Crippen MR) is 179 cm³/mol. The molecule has 2 N–H and O–H groups in total. The van der Waals surface area contributed by atoms with E-state index in [0.717, 1.165) is 45.6 Å². The minimum absolute atomic E-state index is 0.180. The molecule has 0 unspecified atom stereocenters. The van der Waals surface area contributed by atoms with E-state index in [4.69, 9.17) is 0 Å². The van der Waals surface area contributed by atoms with Crippen LogP contribution in [-0.4, -0.2) is 41.0 Å². The van der Waals surface area contributed by atoms with Crippen LogP contribution in [0.3, 0.4) is 0 Å². The van der Waals surface area contributed by atoms with Crippen molar-refractivity contribution >= 4 is 54.8 Å². The van der Waals surface area contributed by atoms with E-state index in [1.807, 2.05) is 17.5 Å². The molecule has 0 aliphatic heterocycles. The monoisotopic (exact) mass is 628 g/mol. The summed E-state index contributed by atoms with van der Waals surface area (Å²) in [5, 5.41) is 7.49. The van der Waals surface area contributed by atoms with Gasteiger partial charge in [-0.25, -0.2) is 17.4 Å². The van der Waals surface area contributed by atoms with Crippen LogP contribution in [0.5, 0.6) is 0 Å². The van der Waals surface area contributed by atoms with Crippen LogP contribution in [0.1, 0.15) is 62.9 Å². The number of anilines is 1. The molecule has 0 fully saturated rings. The summed E-state index contributed by atoms with van der Waals surface area (Å²) < 4.78 is 26.9. The van der Waals surface area contributed by atoms with E-state index in [1.165, 1.54) is 28.7 Å². The van der Waals surface area contributed by atoms with Crippen molar-refractivity contribution in [3.8, 4) is 11.3 Å². The Labute approximate surface area is 262 Å². The Balaban J connectivity index is 1.27. The number of hydrogen-bond acceptors (Lipinski definition) is 6. The van der Waals surface area contributed by atoms with Crippen molar-refractivity contribution in [1.82, 2.24) is 14.3 Å². The topological polar surface area (TPSA) is 110 Å². The molecule has 1 aliphatic carbocycles. The summed E-state index contributed by atoms with van der Waals surface area (Å²) in [5.74, 6) is -0.982. The van der Waals surface area contributed by atoms with Crippen molar-refractivity contribution in [3.05, 3.63) is 101 Å². The summed E-state index contributed by atoms with van der Waals surface area (Å²) in [6, 6.07) is 15.0. The van der Waals surface area contributed by atoms with Gasteiger partial charge in [-0.1, -0.05) is 65.8 Å². The molecule has 0 saturated heterocycles. The number of amides is 2. The zero-order chi connectivity index (χ0) is 31.4.